The SMILES string of the molecule is Cc1cccc(C(CCN2CCC(O)(c3ccccc3)C2)/C(COCc2cc(C(F)(F)F)cc(C(F)(F)F)c2)=N/ON2CCN(CCNC(C)C)C2)c1. The number of benzene rings is 3. The van der Waals surface area contributed by atoms with E-state index in [0.29, 0.717) is 69.6 Å². The van der Waals surface area contributed by atoms with Gasteiger partial charge in [0.05, 0.1) is 43.3 Å². The van der Waals surface area contributed by atoms with E-state index >= 15 is 0 Å². The molecule has 0 bridgehead atoms. The first-order valence-electron chi connectivity index (χ1n) is 18.0. The maximum atomic E-state index is 13.6. The summed E-state index contributed by atoms with van der Waals surface area (Å²) in [4.78, 5) is 10.4. The van der Waals surface area contributed by atoms with Crippen molar-refractivity contribution in [3.05, 3.63) is 106 Å². The Bertz CT molecular complexity index is 1620. The number of β-amino-alcohol motifs (C(OH)–C–C–N with tert-alkyl or cyclic N) is 1. The summed E-state index contributed by atoms with van der Waals surface area (Å²) >= 11 is 0. The smallest absolute Gasteiger partial charge is 0.384 e. The van der Waals surface area contributed by atoms with Crippen LogP contribution in [0.2, 0.25) is 0 Å². The molecule has 2 atom stereocenters. The molecule has 2 aliphatic heterocycles. The fourth-order valence-corrected chi connectivity index (χ4v) is 6.82. The maximum Gasteiger partial charge on any atom is 0.416 e. The summed E-state index contributed by atoms with van der Waals surface area (Å²) in [5.41, 5.74) is -0.844. The van der Waals surface area contributed by atoms with Crippen molar-refractivity contribution < 1.29 is 41.1 Å². The molecule has 2 N–H and O–H groups in total. The van der Waals surface area contributed by atoms with Crippen LogP contribution in [-0.2, 0) is 34.2 Å². The fraction of sp³-hybridized carbons (Fsp3) is 0.513. The molecule has 2 fully saturated rings. The highest BCUT2D eigenvalue weighted by Crippen LogP contribution is 2.37. The summed E-state index contributed by atoms with van der Waals surface area (Å²) in [6.45, 7) is 10.6. The maximum absolute atomic E-state index is 13.6. The molecule has 0 saturated carbocycles. The predicted molar refractivity (Wildman–Crippen MR) is 191 cm³/mol. The molecule has 3 aromatic rings. The quantitative estimate of drug-likeness (QED) is 0.0914. The number of hydrogen-bond acceptors (Lipinski definition) is 8. The van der Waals surface area contributed by atoms with Gasteiger partial charge in [-0.3, -0.25) is 14.7 Å². The van der Waals surface area contributed by atoms with Crippen LogP contribution in [0, 0.1) is 6.92 Å². The van der Waals surface area contributed by atoms with Crippen LogP contribution in [0.1, 0.15) is 66.0 Å². The molecule has 2 heterocycles. The van der Waals surface area contributed by atoms with E-state index in [2.05, 4.69) is 34.1 Å². The molecule has 2 aliphatic rings. The second kappa shape index (κ2) is 17.7. The molecule has 2 saturated heterocycles. The zero-order chi connectivity index (χ0) is 38.2. The van der Waals surface area contributed by atoms with Crippen molar-refractivity contribution in [2.24, 2.45) is 5.16 Å². The number of likely N-dealkylation sites (tertiary alicyclic amines) is 1. The van der Waals surface area contributed by atoms with Crippen molar-refractivity contribution in [2.75, 3.05) is 59.1 Å². The zero-order valence-corrected chi connectivity index (χ0v) is 30.4. The van der Waals surface area contributed by atoms with Crippen LogP contribution in [0.4, 0.5) is 26.3 Å². The largest absolute Gasteiger partial charge is 0.416 e. The molecule has 0 aromatic heterocycles. The Labute approximate surface area is 307 Å². The van der Waals surface area contributed by atoms with Gasteiger partial charge in [-0.25, -0.2) is 0 Å². The molecule has 3 aromatic carbocycles. The van der Waals surface area contributed by atoms with Gasteiger partial charge in [-0.15, -0.1) is 5.06 Å². The van der Waals surface area contributed by atoms with Gasteiger partial charge in [-0.1, -0.05) is 79.2 Å². The first kappa shape index (κ1) is 40.7. The van der Waals surface area contributed by atoms with E-state index in [0.717, 1.165) is 36.3 Å². The lowest BCUT2D eigenvalue weighted by Crippen LogP contribution is -2.34. The molecule has 2 unspecified atom stereocenters. The molecule has 14 heteroatoms. The van der Waals surface area contributed by atoms with Crippen LogP contribution in [0.3, 0.4) is 0 Å². The molecule has 0 amide bonds. The highest BCUT2D eigenvalue weighted by molar-refractivity contribution is 5.91. The van der Waals surface area contributed by atoms with Gasteiger partial charge in [0.25, 0.3) is 0 Å². The lowest BCUT2D eigenvalue weighted by Gasteiger charge is -2.26. The van der Waals surface area contributed by atoms with Crippen molar-refractivity contribution >= 4 is 5.71 Å². The summed E-state index contributed by atoms with van der Waals surface area (Å²) in [6, 6.07) is 19.2. The highest BCUT2D eigenvalue weighted by Gasteiger charge is 2.39. The Morgan fingerprint density at radius 2 is 1.60 bits per heavy atom. The van der Waals surface area contributed by atoms with Gasteiger partial charge in [0.15, 0.2) is 0 Å². The molecule has 0 aliphatic carbocycles. The van der Waals surface area contributed by atoms with Crippen molar-refractivity contribution in [2.45, 2.75) is 70.1 Å². The number of hydroxylamine groups is 2. The molecule has 290 valence electrons. The third-order valence-electron chi connectivity index (χ3n) is 9.66. The average molecular weight is 750 g/mol. The third kappa shape index (κ3) is 11.7. The summed E-state index contributed by atoms with van der Waals surface area (Å²) < 4.78 is 87.3. The number of nitrogens with zero attached hydrogens (tertiary/aromatic N) is 4. The third-order valence-corrected chi connectivity index (χ3v) is 9.66. The van der Waals surface area contributed by atoms with E-state index in [9.17, 15) is 31.4 Å². The van der Waals surface area contributed by atoms with E-state index in [1.807, 2.05) is 61.5 Å². The normalized spacial score (nSPS) is 20.1. The summed E-state index contributed by atoms with van der Waals surface area (Å²) in [5.74, 6) is -0.374. The minimum Gasteiger partial charge on any atom is -0.384 e. The van der Waals surface area contributed by atoms with E-state index < -0.39 is 35.7 Å². The van der Waals surface area contributed by atoms with Gasteiger partial charge >= 0.3 is 12.4 Å². The van der Waals surface area contributed by atoms with Gasteiger partial charge in [-0.2, -0.15) is 26.3 Å². The van der Waals surface area contributed by atoms with Gasteiger partial charge in [-0.05, 0) is 61.2 Å². The average Bonchev–Trinajstić information content (AvgIpc) is 3.73. The summed E-state index contributed by atoms with van der Waals surface area (Å²) in [5, 5.41) is 21.2. The molecule has 0 radical (unpaired) electrons. The number of oxime groups is 1. The number of rotatable bonds is 16. The van der Waals surface area contributed by atoms with Gasteiger partial charge in [0.2, 0.25) is 0 Å². The standard InChI is InChI=1S/C39H49F6N5O3/c1-28(2)46-14-17-49-18-19-50(27-49)53-47-36(25-52-24-30-21-33(38(40,41)42)23-34(22-30)39(43,44)45)35(31-9-7-8-29(3)20-31)12-15-48-16-13-37(51,26-48)32-10-5-4-6-11-32/h4-11,20-23,28,35,46,51H,12-19,24-27H2,1-3H3/b47-36+. The second-order valence-corrected chi connectivity index (χ2v) is 14.3. The second-order valence-electron chi connectivity index (χ2n) is 14.3. The van der Waals surface area contributed by atoms with Gasteiger partial charge in [0.1, 0.15) is 5.60 Å². The minimum atomic E-state index is -4.97. The number of halogens is 6. The number of ether oxygens (including phenoxy) is 1. The van der Waals surface area contributed by atoms with Crippen LogP contribution in [0.5, 0.6) is 0 Å². The molecule has 5 rings (SSSR count). The number of nitrogens with one attached hydrogen (secondary N) is 1. The Hall–Kier alpha value is -3.53. The monoisotopic (exact) mass is 749 g/mol. The predicted octanol–water partition coefficient (Wildman–Crippen LogP) is 7.18. The molecule has 0 spiro atoms. The molecular weight excluding hydrogens is 700 g/mol. The molecule has 53 heavy (non-hydrogen) atoms. The van der Waals surface area contributed by atoms with E-state index in [1.54, 1.807) is 5.06 Å². The molecular formula is C39H49F6N5O3. The van der Waals surface area contributed by atoms with Crippen molar-refractivity contribution in [3.63, 3.8) is 0 Å². The zero-order valence-electron chi connectivity index (χ0n) is 30.4. The van der Waals surface area contributed by atoms with Crippen molar-refractivity contribution in [3.8, 4) is 0 Å². The van der Waals surface area contributed by atoms with Crippen molar-refractivity contribution in [1.82, 2.24) is 20.2 Å². The minimum absolute atomic E-state index is 0.105. The van der Waals surface area contributed by atoms with Gasteiger partial charge < -0.3 is 15.2 Å². The van der Waals surface area contributed by atoms with Crippen LogP contribution in [0.15, 0.2) is 78.0 Å². The Balaban J connectivity index is 1.37. The van der Waals surface area contributed by atoms with Crippen LogP contribution in [0.25, 0.3) is 0 Å². The lowest BCUT2D eigenvalue weighted by atomic mass is 9.90. The number of alkyl halides is 6. The van der Waals surface area contributed by atoms with Gasteiger partial charge in [0, 0.05) is 44.7 Å². The Kier molecular flexibility index (Phi) is 13.6. The first-order valence-corrected chi connectivity index (χ1v) is 18.0. The van der Waals surface area contributed by atoms with Crippen LogP contribution >= 0.6 is 0 Å². The van der Waals surface area contributed by atoms with E-state index in [-0.39, 0.29) is 24.2 Å². The number of hydrogen-bond donors (Lipinski definition) is 2. The Morgan fingerprint density at radius 1 is 0.887 bits per heavy atom. The number of aliphatic hydroxyl groups is 1. The van der Waals surface area contributed by atoms with E-state index in [4.69, 9.17) is 9.68 Å². The lowest BCUT2D eigenvalue weighted by molar-refractivity contribution is -0.151. The summed E-state index contributed by atoms with van der Waals surface area (Å²) in [7, 11) is 0. The number of aryl methyl sites for hydroxylation is 1. The van der Waals surface area contributed by atoms with E-state index in [1.165, 1.54) is 0 Å². The first-order chi connectivity index (χ1) is 25.1. The van der Waals surface area contributed by atoms with Crippen LogP contribution < -0.4 is 5.32 Å². The summed E-state index contributed by atoms with van der Waals surface area (Å²) in [6.07, 6.45) is -8.84. The van der Waals surface area contributed by atoms with Crippen molar-refractivity contribution in [1.29, 1.82) is 0 Å². The Morgan fingerprint density at radius 3 is 2.26 bits per heavy atom. The topological polar surface area (TPSA) is 72.8 Å². The fourth-order valence-electron chi connectivity index (χ4n) is 6.82. The molecule has 8 nitrogen and oxygen atoms in total. The highest BCUT2D eigenvalue weighted by atomic mass is 19.4. The van der Waals surface area contributed by atoms with Crippen LogP contribution in [-0.4, -0.2) is 90.8 Å².